The summed E-state index contributed by atoms with van der Waals surface area (Å²) in [6.45, 7) is 5.54. The number of rotatable bonds is 4. The highest BCUT2D eigenvalue weighted by molar-refractivity contribution is 6.33. The van der Waals surface area contributed by atoms with Crippen LogP contribution in [0.4, 0.5) is 0 Å². The van der Waals surface area contributed by atoms with Gasteiger partial charge in [0, 0.05) is 26.6 Å². The van der Waals surface area contributed by atoms with Crippen LogP contribution >= 0.6 is 23.2 Å². The van der Waals surface area contributed by atoms with Crippen molar-refractivity contribution >= 4 is 40.1 Å². The van der Waals surface area contributed by atoms with Gasteiger partial charge in [0.25, 0.3) is 0 Å². The fraction of sp³-hybridized carbons (Fsp3) is 0.154. The molecular weight excluding hydrogens is 471 g/mol. The van der Waals surface area contributed by atoms with Gasteiger partial charge in [-0.15, -0.1) is 10.2 Å². The number of Topliss-reactive ketones (excluding diaryl/α,β-unsaturated/α-hetero) is 1. The summed E-state index contributed by atoms with van der Waals surface area (Å²) in [5.74, 6) is 0.0506. The average molecular weight is 491 g/mol. The maximum atomic E-state index is 13.3. The number of hydrogen-bond acceptors (Lipinski definition) is 5. The molecule has 5 rings (SSSR count). The van der Waals surface area contributed by atoms with Crippen LogP contribution in [0, 0.1) is 5.41 Å². The number of nitrogens with zero attached hydrogens (tertiary/aromatic N) is 4. The molecule has 0 aliphatic rings. The number of halogens is 2. The van der Waals surface area contributed by atoms with E-state index in [-0.39, 0.29) is 11.5 Å². The quantitative estimate of drug-likeness (QED) is 0.247. The minimum Gasteiger partial charge on any atom is -0.432 e. The van der Waals surface area contributed by atoms with E-state index in [1.807, 2.05) is 75.4 Å². The Morgan fingerprint density at radius 3 is 2.26 bits per heavy atom. The Morgan fingerprint density at radius 2 is 1.62 bits per heavy atom. The molecule has 0 amide bonds. The molecule has 6 nitrogen and oxygen atoms in total. The maximum absolute atomic E-state index is 13.3. The first-order valence-corrected chi connectivity index (χ1v) is 11.4. The van der Waals surface area contributed by atoms with Crippen LogP contribution in [0.5, 0.6) is 0 Å². The van der Waals surface area contributed by atoms with E-state index in [0.29, 0.717) is 32.5 Å². The Labute approximate surface area is 206 Å². The van der Waals surface area contributed by atoms with E-state index in [1.54, 1.807) is 4.57 Å². The molecule has 0 unspecified atom stereocenters. The van der Waals surface area contributed by atoms with Gasteiger partial charge in [-0.3, -0.25) is 9.36 Å². The Hall–Kier alpha value is -3.48. The van der Waals surface area contributed by atoms with Crippen molar-refractivity contribution in [2.24, 2.45) is 5.41 Å². The van der Waals surface area contributed by atoms with Crippen LogP contribution < -0.4 is 0 Å². The second kappa shape index (κ2) is 8.38. The zero-order valence-corrected chi connectivity index (χ0v) is 20.2. The van der Waals surface area contributed by atoms with Crippen LogP contribution in [0.15, 0.2) is 71.7 Å². The number of ketones is 1. The molecule has 2 aromatic carbocycles. The normalized spacial score (nSPS) is 11.8. The van der Waals surface area contributed by atoms with Gasteiger partial charge in [0.1, 0.15) is 18.3 Å². The summed E-state index contributed by atoms with van der Waals surface area (Å²) in [5, 5.41) is 9.69. The molecule has 0 aliphatic carbocycles. The summed E-state index contributed by atoms with van der Waals surface area (Å²) in [6, 6.07) is 16.9. The van der Waals surface area contributed by atoms with Gasteiger partial charge in [-0.05, 0) is 29.8 Å². The molecule has 0 atom stereocenters. The Balaban J connectivity index is 1.88. The molecule has 3 heterocycles. The third-order valence-electron chi connectivity index (χ3n) is 5.51. The molecule has 0 radical (unpaired) electrons. The first kappa shape index (κ1) is 22.3. The van der Waals surface area contributed by atoms with Gasteiger partial charge < -0.3 is 4.42 Å². The predicted molar refractivity (Wildman–Crippen MR) is 134 cm³/mol. The molecule has 0 saturated carbocycles. The van der Waals surface area contributed by atoms with Crippen molar-refractivity contribution in [3.05, 3.63) is 83.1 Å². The molecule has 170 valence electrons. The number of pyridine rings is 1. The van der Waals surface area contributed by atoms with E-state index in [2.05, 4.69) is 10.2 Å². The summed E-state index contributed by atoms with van der Waals surface area (Å²) in [5.41, 5.74) is 3.32. The summed E-state index contributed by atoms with van der Waals surface area (Å²) in [7, 11) is 0. The molecule has 8 heteroatoms. The minimum absolute atomic E-state index is 0.151. The highest BCUT2D eigenvalue weighted by Crippen LogP contribution is 2.40. The lowest BCUT2D eigenvalue weighted by atomic mass is 9.88. The van der Waals surface area contributed by atoms with Crippen LogP contribution in [0.2, 0.25) is 10.0 Å². The first-order valence-electron chi connectivity index (χ1n) is 10.6. The summed E-state index contributed by atoms with van der Waals surface area (Å²) < 4.78 is 7.80. The van der Waals surface area contributed by atoms with Crippen LogP contribution in [0.3, 0.4) is 0 Å². The summed E-state index contributed by atoms with van der Waals surface area (Å²) >= 11 is 12.7. The third kappa shape index (κ3) is 3.89. The molecule has 0 saturated heterocycles. The monoisotopic (exact) mass is 490 g/mol. The van der Waals surface area contributed by atoms with Gasteiger partial charge >= 0.3 is 0 Å². The van der Waals surface area contributed by atoms with Gasteiger partial charge in [-0.1, -0.05) is 74.3 Å². The number of hydrogen-bond donors (Lipinski definition) is 0. The standard InChI is InChI=1S/C26H20Cl2N4O2/c1-26(2,3)24(33)23-22(32-13-29-30-14-32)19-12-18(15-8-10-16(27)11-9-15)21(31-25(19)34-23)17-6-4-5-7-20(17)28/h4-14H,1-3H3. The van der Waals surface area contributed by atoms with Crippen LogP contribution in [0.25, 0.3) is 39.2 Å². The smallest absolute Gasteiger partial charge is 0.229 e. The average Bonchev–Trinajstić information content (AvgIpc) is 3.45. The topological polar surface area (TPSA) is 73.8 Å². The Bertz CT molecular complexity index is 1520. The largest absolute Gasteiger partial charge is 0.432 e. The molecule has 3 aromatic heterocycles. The summed E-state index contributed by atoms with van der Waals surface area (Å²) in [4.78, 5) is 18.2. The van der Waals surface area contributed by atoms with E-state index in [9.17, 15) is 4.79 Å². The van der Waals surface area contributed by atoms with Gasteiger partial charge in [-0.2, -0.15) is 0 Å². The molecule has 0 N–H and O–H groups in total. The fourth-order valence-electron chi connectivity index (χ4n) is 3.79. The van der Waals surface area contributed by atoms with Crippen LogP contribution in [-0.2, 0) is 0 Å². The zero-order chi connectivity index (χ0) is 24.0. The van der Waals surface area contributed by atoms with Gasteiger partial charge in [-0.25, -0.2) is 4.98 Å². The number of benzene rings is 2. The first-order chi connectivity index (χ1) is 16.2. The minimum atomic E-state index is -0.665. The second-order valence-electron chi connectivity index (χ2n) is 8.95. The summed E-state index contributed by atoms with van der Waals surface area (Å²) in [6.07, 6.45) is 3.07. The SMILES string of the molecule is CC(C)(C)C(=O)c1oc2nc(-c3ccccc3Cl)c(-c3ccc(Cl)cc3)cc2c1-n1cnnc1. The molecule has 0 spiro atoms. The van der Waals surface area contributed by atoms with E-state index in [4.69, 9.17) is 32.6 Å². The van der Waals surface area contributed by atoms with Crippen molar-refractivity contribution in [3.8, 4) is 28.1 Å². The van der Waals surface area contributed by atoms with Gasteiger partial charge in [0.2, 0.25) is 11.5 Å². The maximum Gasteiger partial charge on any atom is 0.229 e. The van der Waals surface area contributed by atoms with Crippen molar-refractivity contribution in [2.75, 3.05) is 0 Å². The second-order valence-corrected chi connectivity index (χ2v) is 9.80. The lowest BCUT2D eigenvalue weighted by Crippen LogP contribution is -2.21. The predicted octanol–water partition coefficient (Wildman–Crippen LogP) is 7.28. The van der Waals surface area contributed by atoms with Gasteiger partial charge in [0.15, 0.2) is 5.76 Å². The number of carbonyl (C=O) groups is 1. The third-order valence-corrected chi connectivity index (χ3v) is 6.09. The molecule has 0 fully saturated rings. The lowest BCUT2D eigenvalue weighted by molar-refractivity contribution is 0.0830. The molecule has 0 aliphatic heterocycles. The molecule has 0 bridgehead atoms. The van der Waals surface area contributed by atoms with Crippen molar-refractivity contribution in [3.63, 3.8) is 0 Å². The Morgan fingerprint density at radius 1 is 0.941 bits per heavy atom. The Kier molecular flexibility index (Phi) is 5.50. The molecule has 5 aromatic rings. The zero-order valence-electron chi connectivity index (χ0n) is 18.7. The van der Waals surface area contributed by atoms with E-state index < -0.39 is 5.41 Å². The van der Waals surface area contributed by atoms with Gasteiger partial charge in [0.05, 0.1) is 11.1 Å². The fourth-order valence-corrected chi connectivity index (χ4v) is 4.14. The van der Waals surface area contributed by atoms with Crippen molar-refractivity contribution in [1.82, 2.24) is 19.7 Å². The van der Waals surface area contributed by atoms with Crippen molar-refractivity contribution < 1.29 is 9.21 Å². The lowest BCUT2D eigenvalue weighted by Gasteiger charge is -2.15. The molecular formula is C26H20Cl2N4O2. The number of carbonyl (C=O) groups excluding carboxylic acids is 1. The van der Waals surface area contributed by atoms with E-state index >= 15 is 0 Å². The van der Waals surface area contributed by atoms with E-state index in [0.717, 1.165) is 16.7 Å². The number of fused-ring (bicyclic) bond motifs is 1. The number of furan rings is 1. The van der Waals surface area contributed by atoms with Crippen molar-refractivity contribution in [1.29, 1.82) is 0 Å². The number of aromatic nitrogens is 4. The highest BCUT2D eigenvalue weighted by atomic mass is 35.5. The van der Waals surface area contributed by atoms with Crippen molar-refractivity contribution in [2.45, 2.75) is 20.8 Å². The molecule has 34 heavy (non-hydrogen) atoms. The highest BCUT2D eigenvalue weighted by Gasteiger charge is 2.32. The van der Waals surface area contributed by atoms with Crippen LogP contribution in [-0.4, -0.2) is 25.5 Å². The van der Waals surface area contributed by atoms with E-state index in [1.165, 1.54) is 12.7 Å². The van der Waals surface area contributed by atoms with Crippen LogP contribution in [0.1, 0.15) is 31.3 Å².